The monoisotopic (exact) mass is 335 g/mol. The molecule has 0 fully saturated rings. The van der Waals surface area contributed by atoms with Crippen LogP contribution in [-0.4, -0.2) is 22.8 Å². The van der Waals surface area contributed by atoms with Gasteiger partial charge in [0.05, 0.1) is 0 Å². The highest BCUT2D eigenvalue weighted by atomic mass is 16.6. The number of carbonyl (C=O) groups is 2. The molecule has 0 aromatic heterocycles. The molecule has 0 saturated heterocycles. The van der Waals surface area contributed by atoms with Crippen molar-refractivity contribution in [2.75, 3.05) is 0 Å². The van der Waals surface area contributed by atoms with Gasteiger partial charge in [-0.3, -0.25) is 9.69 Å². The second-order valence-corrected chi connectivity index (χ2v) is 6.27. The summed E-state index contributed by atoms with van der Waals surface area (Å²) in [7, 11) is 0. The van der Waals surface area contributed by atoms with E-state index in [0.29, 0.717) is 12.8 Å². The fourth-order valence-corrected chi connectivity index (χ4v) is 2.94. The third kappa shape index (κ3) is 4.35. The van der Waals surface area contributed by atoms with Crippen LogP contribution < -0.4 is 0 Å². The number of allylic oxidation sites excluding steroid dienone is 1. The average molecular weight is 335 g/mol. The van der Waals surface area contributed by atoms with Crippen LogP contribution >= 0.6 is 0 Å². The predicted molar refractivity (Wildman–Crippen MR) is 95.8 cm³/mol. The summed E-state index contributed by atoms with van der Waals surface area (Å²) in [5.41, 5.74) is 2.81. The van der Waals surface area contributed by atoms with Gasteiger partial charge in [-0.1, -0.05) is 60.7 Å². The molecule has 1 heterocycles. The molecule has 0 unspecified atom stereocenters. The lowest BCUT2D eigenvalue weighted by Crippen LogP contribution is -2.46. The zero-order valence-electron chi connectivity index (χ0n) is 14.2. The van der Waals surface area contributed by atoms with Gasteiger partial charge in [0.15, 0.2) is 5.78 Å². The number of hydrogen-bond donors (Lipinski definition) is 0. The molecule has 128 valence electrons. The van der Waals surface area contributed by atoms with Gasteiger partial charge < -0.3 is 4.74 Å². The van der Waals surface area contributed by atoms with Crippen LogP contribution in [0.5, 0.6) is 0 Å². The molecular formula is C21H21NO3. The summed E-state index contributed by atoms with van der Waals surface area (Å²) in [6.07, 6.45) is 2.11. The van der Waals surface area contributed by atoms with Crippen LogP contribution in [0, 0.1) is 0 Å². The van der Waals surface area contributed by atoms with Crippen molar-refractivity contribution < 1.29 is 14.3 Å². The van der Waals surface area contributed by atoms with Crippen LogP contribution in [0.2, 0.25) is 0 Å². The van der Waals surface area contributed by atoms with Gasteiger partial charge in [-0.15, -0.1) is 0 Å². The Kier molecular flexibility index (Phi) is 5.29. The maximum atomic E-state index is 12.6. The van der Waals surface area contributed by atoms with Crippen molar-refractivity contribution in [3.8, 4) is 0 Å². The first-order valence-electron chi connectivity index (χ1n) is 8.36. The van der Waals surface area contributed by atoms with Crippen LogP contribution in [0.1, 0.15) is 24.5 Å². The van der Waals surface area contributed by atoms with Crippen molar-refractivity contribution in [3.05, 3.63) is 83.6 Å². The van der Waals surface area contributed by atoms with E-state index in [1.807, 2.05) is 67.6 Å². The molecular weight excluding hydrogens is 314 g/mol. The molecule has 0 aliphatic carbocycles. The highest BCUT2D eigenvalue weighted by molar-refractivity contribution is 5.91. The van der Waals surface area contributed by atoms with Crippen LogP contribution in [-0.2, 0) is 22.6 Å². The summed E-state index contributed by atoms with van der Waals surface area (Å²) < 4.78 is 5.42. The van der Waals surface area contributed by atoms with Crippen molar-refractivity contribution in [1.82, 2.24) is 4.90 Å². The first-order valence-corrected chi connectivity index (χ1v) is 8.36. The van der Waals surface area contributed by atoms with Gasteiger partial charge in [-0.25, -0.2) is 4.79 Å². The Balaban J connectivity index is 1.73. The Morgan fingerprint density at radius 2 is 1.64 bits per heavy atom. The fraction of sp³-hybridized carbons (Fsp3) is 0.238. The van der Waals surface area contributed by atoms with E-state index < -0.39 is 12.1 Å². The van der Waals surface area contributed by atoms with Gasteiger partial charge in [0.25, 0.3) is 0 Å². The summed E-state index contributed by atoms with van der Waals surface area (Å²) in [6.45, 7) is 2.05. The van der Waals surface area contributed by atoms with Gasteiger partial charge in [0.2, 0.25) is 0 Å². The minimum Gasteiger partial charge on any atom is -0.444 e. The molecule has 2 aromatic carbocycles. The number of ether oxygens (including phenoxy) is 1. The first-order chi connectivity index (χ1) is 12.1. The lowest BCUT2D eigenvalue weighted by Gasteiger charge is -2.31. The number of hydrogen-bond acceptors (Lipinski definition) is 3. The predicted octanol–water partition coefficient (Wildman–Crippen LogP) is 4.11. The summed E-state index contributed by atoms with van der Waals surface area (Å²) in [5, 5.41) is 0. The number of Topliss-reactive ketones (excluding diaryl/α,β-unsaturated/α-hetero) is 1. The van der Waals surface area contributed by atoms with E-state index in [2.05, 4.69) is 0 Å². The lowest BCUT2D eigenvalue weighted by molar-refractivity contribution is -0.123. The molecule has 1 aliphatic rings. The number of carbonyl (C=O) groups excluding carboxylic acids is 2. The Morgan fingerprint density at radius 3 is 2.28 bits per heavy atom. The summed E-state index contributed by atoms with van der Waals surface area (Å²) in [4.78, 5) is 26.5. The summed E-state index contributed by atoms with van der Waals surface area (Å²) in [6, 6.07) is 18.7. The smallest absolute Gasteiger partial charge is 0.414 e. The summed E-state index contributed by atoms with van der Waals surface area (Å²) >= 11 is 0. The normalized spacial score (nSPS) is 17.2. The molecule has 0 radical (unpaired) electrons. The second-order valence-electron chi connectivity index (χ2n) is 6.27. The van der Waals surface area contributed by atoms with E-state index in [1.54, 1.807) is 6.20 Å². The van der Waals surface area contributed by atoms with Crippen LogP contribution in [0.15, 0.2) is 72.4 Å². The molecule has 0 bridgehead atoms. The van der Waals surface area contributed by atoms with Crippen molar-refractivity contribution in [2.24, 2.45) is 0 Å². The van der Waals surface area contributed by atoms with Gasteiger partial charge in [0.1, 0.15) is 12.6 Å². The van der Waals surface area contributed by atoms with E-state index in [4.69, 9.17) is 4.74 Å². The molecule has 25 heavy (non-hydrogen) atoms. The van der Waals surface area contributed by atoms with Crippen molar-refractivity contribution in [3.63, 3.8) is 0 Å². The van der Waals surface area contributed by atoms with Crippen LogP contribution in [0.4, 0.5) is 4.79 Å². The maximum Gasteiger partial charge on any atom is 0.414 e. The third-order valence-electron chi connectivity index (χ3n) is 4.21. The molecule has 0 saturated carbocycles. The second kappa shape index (κ2) is 7.79. The lowest BCUT2D eigenvalue weighted by atomic mass is 9.94. The van der Waals surface area contributed by atoms with E-state index in [9.17, 15) is 9.59 Å². The molecule has 0 spiro atoms. The molecule has 1 aliphatic heterocycles. The first kappa shape index (κ1) is 17.0. The van der Waals surface area contributed by atoms with Crippen LogP contribution in [0.25, 0.3) is 0 Å². The van der Waals surface area contributed by atoms with E-state index in [0.717, 1.165) is 16.7 Å². The Labute approximate surface area is 147 Å². The SMILES string of the molecule is CC1=CN(C(=O)OCc2ccccc2)[C@@H](Cc2ccccc2)C(=O)C1. The molecule has 1 amide bonds. The molecule has 2 aromatic rings. The van der Waals surface area contributed by atoms with Gasteiger partial charge in [-0.2, -0.15) is 0 Å². The van der Waals surface area contributed by atoms with E-state index in [-0.39, 0.29) is 12.4 Å². The molecule has 4 nitrogen and oxygen atoms in total. The molecule has 3 rings (SSSR count). The zero-order valence-corrected chi connectivity index (χ0v) is 14.2. The van der Waals surface area contributed by atoms with Crippen LogP contribution in [0.3, 0.4) is 0 Å². The standard InChI is InChI=1S/C21H21NO3/c1-16-12-20(23)19(13-17-8-4-2-5-9-17)22(14-16)21(24)25-15-18-10-6-3-7-11-18/h2-11,14,19H,12-13,15H2,1H3/t19-/m0/s1. The number of amides is 1. The minimum atomic E-state index is -0.519. The zero-order chi connectivity index (χ0) is 17.6. The summed E-state index contributed by atoms with van der Waals surface area (Å²) in [5.74, 6) is 0.0421. The Bertz CT molecular complexity index is 768. The molecule has 0 N–H and O–H groups in total. The number of rotatable bonds is 4. The number of benzene rings is 2. The van der Waals surface area contributed by atoms with E-state index in [1.165, 1.54) is 4.90 Å². The quantitative estimate of drug-likeness (QED) is 0.844. The number of ketones is 1. The van der Waals surface area contributed by atoms with Gasteiger partial charge in [-0.05, 0) is 23.6 Å². The third-order valence-corrected chi connectivity index (χ3v) is 4.21. The van der Waals surface area contributed by atoms with Crippen molar-refractivity contribution >= 4 is 11.9 Å². The van der Waals surface area contributed by atoms with Crippen molar-refractivity contribution in [2.45, 2.75) is 32.4 Å². The topological polar surface area (TPSA) is 46.6 Å². The molecule has 4 heteroatoms. The fourth-order valence-electron chi connectivity index (χ4n) is 2.94. The highest BCUT2D eigenvalue weighted by Gasteiger charge is 2.33. The Morgan fingerprint density at radius 1 is 1.04 bits per heavy atom. The van der Waals surface area contributed by atoms with E-state index >= 15 is 0 Å². The highest BCUT2D eigenvalue weighted by Crippen LogP contribution is 2.22. The molecule has 1 atom stereocenters. The van der Waals surface area contributed by atoms with Crippen molar-refractivity contribution in [1.29, 1.82) is 0 Å². The van der Waals surface area contributed by atoms with Gasteiger partial charge in [0, 0.05) is 19.0 Å². The largest absolute Gasteiger partial charge is 0.444 e. The minimum absolute atomic E-state index is 0.0421. The number of nitrogens with zero attached hydrogens (tertiary/aromatic N) is 1. The Hall–Kier alpha value is -2.88. The maximum absolute atomic E-state index is 12.6. The van der Waals surface area contributed by atoms with Gasteiger partial charge >= 0.3 is 6.09 Å². The average Bonchev–Trinajstić information content (AvgIpc) is 2.63.